The summed E-state index contributed by atoms with van der Waals surface area (Å²) in [6.45, 7) is 0.606. The van der Waals surface area contributed by atoms with Gasteiger partial charge in [0.2, 0.25) is 0 Å². The largest absolute Gasteiger partial charge is 0.382 e. The van der Waals surface area contributed by atoms with Crippen molar-refractivity contribution in [2.75, 3.05) is 31.3 Å². The highest BCUT2D eigenvalue weighted by Gasteiger charge is 2.37. The molecule has 4 heterocycles. The van der Waals surface area contributed by atoms with Gasteiger partial charge in [0, 0.05) is 41.9 Å². The standard InChI is InChI=1S/C30H38F2N10O2S/c1-40(2)13-10-20-3-5-22(6-4-20)36-26-15-29(34-17-24(26)25-11-14-41(39-25)19-27(31)32)37-28-9-12-33-30(38-28)21-16-35-42(18-21)45(43,44)23-7-8-23/h9,11-12,14-18,20,22-23,27H,3-8,10,13,19H2,1-2H3,(H2,33,34,36,37,38). The summed E-state index contributed by atoms with van der Waals surface area (Å²) in [5.41, 5.74) is 2.55. The second-order valence-electron chi connectivity index (χ2n) is 12.1. The summed E-state index contributed by atoms with van der Waals surface area (Å²) in [4.78, 5) is 15.7. The lowest BCUT2D eigenvalue weighted by molar-refractivity contribution is 0.122. The highest BCUT2D eigenvalue weighted by molar-refractivity contribution is 7.90. The lowest BCUT2D eigenvalue weighted by Gasteiger charge is -2.31. The molecule has 0 atom stereocenters. The van der Waals surface area contributed by atoms with Crippen LogP contribution < -0.4 is 10.6 Å². The summed E-state index contributed by atoms with van der Waals surface area (Å²) in [5, 5.41) is 15.0. The molecule has 240 valence electrons. The molecule has 12 nitrogen and oxygen atoms in total. The van der Waals surface area contributed by atoms with Crippen molar-refractivity contribution < 1.29 is 17.2 Å². The van der Waals surface area contributed by atoms with Crippen LogP contribution in [0.5, 0.6) is 0 Å². The quantitative estimate of drug-likeness (QED) is 0.208. The Bertz CT molecular complexity index is 1710. The average molecular weight is 641 g/mol. The number of rotatable bonds is 13. The van der Waals surface area contributed by atoms with Crippen molar-refractivity contribution >= 4 is 27.3 Å². The second kappa shape index (κ2) is 13.2. The molecule has 45 heavy (non-hydrogen) atoms. The Balaban J connectivity index is 1.21. The molecule has 15 heteroatoms. The van der Waals surface area contributed by atoms with Gasteiger partial charge in [-0.3, -0.25) is 4.68 Å². The van der Waals surface area contributed by atoms with Crippen LogP contribution in [0.1, 0.15) is 44.9 Å². The van der Waals surface area contributed by atoms with Crippen molar-refractivity contribution in [2.24, 2.45) is 5.92 Å². The maximum atomic E-state index is 13.0. The molecule has 4 aromatic rings. The molecule has 0 unspecified atom stereocenters. The van der Waals surface area contributed by atoms with Crippen molar-refractivity contribution in [1.82, 2.24) is 38.8 Å². The number of alkyl halides is 2. The first-order valence-electron chi connectivity index (χ1n) is 15.3. The van der Waals surface area contributed by atoms with E-state index < -0.39 is 23.0 Å². The number of hydrogen-bond donors (Lipinski definition) is 2. The van der Waals surface area contributed by atoms with Crippen LogP contribution in [-0.2, 0) is 16.6 Å². The van der Waals surface area contributed by atoms with E-state index in [0.29, 0.717) is 47.5 Å². The number of aromatic nitrogens is 7. The van der Waals surface area contributed by atoms with Crippen LogP contribution in [0.25, 0.3) is 22.6 Å². The maximum absolute atomic E-state index is 13.0. The third-order valence-electron chi connectivity index (χ3n) is 8.27. The van der Waals surface area contributed by atoms with E-state index in [2.05, 4.69) is 54.8 Å². The number of hydrogen-bond acceptors (Lipinski definition) is 10. The molecule has 6 rings (SSSR count). The first kappa shape index (κ1) is 31.0. The van der Waals surface area contributed by atoms with Crippen molar-refractivity contribution in [3.8, 4) is 22.6 Å². The Morgan fingerprint density at radius 2 is 1.84 bits per heavy atom. The number of nitrogens with zero attached hydrogens (tertiary/aromatic N) is 8. The number of anilines is 3. The normalized spacial score (nSPS) is 18.9. The molecule has 4 aromatic heterocycles. The van der Waals surface area contributed by atoms with Gasteiger partial charge in [-0.1, -0.05) is 0 Å². The van der Waals surface area contributed by atoms with Crippen LogP contribution in [0, 0.1) is 5.92 Å². The zero-order valence-corrected chi connectivity index (χ0v) is 26.2. The van der Waals surface area contributed by atoms with Crippen molar-refractivity contribution in [3.05, 3.63) is 49.2 Å². The highest BCUT2D eigenvalue weighted by atomic mass is 32.2. The van der Waals surface area contributed by atoms with E-state index in [1.54, 1.807) is 30.7 Å². The van der Waals surface area contributed by atoms with Gasteiger partial charge in [-0.25, -0.2) is 32.2 Å². The second-order valence-corrected chi connectivity index (χ2v) is 14.2. The first-order chi connectivity index (χ1) is 21.6. The summed E-state index contributed by atoms with van der Waals surface area (Å²) in [5.74, 6) is 2.01. The highest BCUT2D eigenvalue weighted by Crippen LogP contribution is 2.34. The predicted octanol–water partition coefficient (Wildman–Crippen LogP) is 4.87. The summed E-state index contributed by atoms with van der Waals surface area (Å²) >= 11 is 0. The van der Waals surface area contributed by atoms with E-state index in [0.717, 1.165) is 47.6 Å². The van der Waals surface area contributed by atoms with Crippen molar-refractivity contribution in [1.29, 1.82) is 0 Å². The Labute approximate surface area is 261 Å². The summed E-state index contributed by atoms with van der Waals surface area (Å²) in [7, 11) is 0.706. The Morgan fingerprint density at radius 1 is 1.04 bits per heavy atom. The molecular weight excluding hydrogens is 602 g/mol. The minimum absolute atomic E-state index is 0.256. The number of halogens is 2. The molecule has 0 bridgehead atoms. The molecule has 0 amide bonds. The molecule has 0 radical (unpaired) electrons. The van der Waals surface area contributed by atoms with E-state index in [-0.39, 0.29) is 11.3 Å². The topological polar surface area (TPSA) is 136 Å². The zero-order chi connectivity index (χ0) is 31.6. The average Bonchev–Trinajstić information content (AvgIpc) is 3.58. The minimum Gasteiger partial charge on any atom is -0.382 e. The van der Waals surface area contributed by atoms with E-state index in [9.17, 15) is 17.2 Å². The lowest BCUT2D eigenvalue weighted by atomic mass is 9.84. The summed E-state index contributed by atoms with van der Waals surface area (Å²) < 4.78 is 53.4. The fourth-order valence-electron chi connectivity index (χ4n) is 5.63. The zero-order valence-electron chi connectivity index (χ0n) is 25.4. The number of nitrogens with one attached hydrogen (secondary N) is 2. The van der Waals surface area contributed by atoms with E-state index >= 15 is 0 Å². The first-order valence-corrected chi connectivity index (χ1v) is 16.8. The molecule has 2 saturated carbocycles. The predicted molar refractivity (Wildman–Crippen MR) is 168 cm³/mol. The third-order valence-corrected chi connectivity index (χ3v) is 10.3. The Kier molecular flexibility index (Phi) is 9.08. The van der Waals surface area contributed by atoms with Gasteiger partial charge in [0.05, 0.1) is 28.9 Å². The van der Waals surface area contributed by atoms with E-state index in [1.807, 2.05) is 6.07 Å². The Hall–Kier alpha value is -3.98. The molecule has 2 aliphatic carbocycles. The summed E-state index contributed by atoms with van der Waals surface area (Å²) in [6, 6.07) is 5.54. The fourth-order valence-corrected chi connectivity index (χ4v) is 7.10. The van der Waals surface area contributed by atoms with E-state index in [1.165, 1.54) is 23.5 Å². The number of pyridine rings is 1. The third kappa shape index (κ3) is 7.64. The van der Waals surface area contributed by atoms with Crippen molar-refractivity contribution in [3.63, 3.8) is 0 Å². The van der Waals surface area contributed by atoms with Gasteiger partial charge >= 0.3 is 0 Å². The van der Waals surface area contributed by atoms with Crippen LogP contribution in [0.2, 0.25) is 0 Å². The van der Waals surface area contributed by atoms with Gasteiger partial charge in [-0.05, 0) is 83.6 Å². The molecule has 0 aromatic carbocycles. The molecule has 0 aliphatic heterocycles. The smallest absolute Gasteiger partial charge is 0.257 e. The van der Waals surface area contributed by atoms with Crippen LogP contribution in [-0.4, -0.2) is 85.6 Å². The molecule has 0 spiro atoms. The Morgan fingerprint density at radius 3 is 2.58 bits per heavy atom. The maximum Gasteiger partial charge on any atom is 0.257 e. The van der Waals surface area contributed by atoms with Gasteiger partial charge in [0.15, 0.2) is 5.82 Å². The van der Waals surface area contributed by atoms with Crippen LogP contribution >= 0.6 is 0 Å². The van der Waals surface area contributed by atoms with Gasteiger partial charge in [-0.2, -0.15) is 14.3 Å². The minimum atomic E-state index is -3.50. The SMILES string of the molecule is CN(C)CCC1CCC(Nc2cc(Nc3ccnc(-c4cnn(S(=O)(=O)C5CC5)c4)n3)ncc2-c2ccn(CC(F)F)n2)CC1. The monoisotopic (exact) mass is 640 g/mol. The molecule has 2 aliphatic rings. The van der Waals surface area contributed by atoms with Crippen LogP contribution in [0.3, 0.4) is 0 Å². The molecule has 2 fully saturated rings. The van der Waals surface area contributed by atoms with E-state index in [4.69, 9.17) is 0 Å². The lowest BCUT2D eigenvalue weighted by Crippen LogP contribution is -2.28. The van der Waals surface area contributed by atoms with Crippen LogP contribution in [0.4, 0.5) is 26.1 Å². The van der Waals surface area contributed by atoms with Gasteiger partial charge in [-0.15, -0.1) is 0 Å². The van der Waals surface area contributed by atoms with Gasteiger partial charge < -0.3 is 15.5 Å². The van der Waals surface area contributed by atoms with Crippen molar-refractivity contribution in [2.45, 2.75) is 69.2 Å². The van der Waals surface area contributed by atoms with Gasteiger partial charge in [0.1, 0.15) is 18.2 Å². The van der Waals surface area contributed by atoms with Gasteiger partial charge in [0.25, 0.3) is 16.4 Å². The molecule has 0 saturated heterocycles. The molecular formula is C30H38F2N10O2S. The summed E-state index contributed by atoms with van der Waals surface area (Å²) in [6.07, 6.45) is 12.0. The molecule has 2 N–H and O–H groups in total. The fraction of sp³-hybridized carbons (Fsp3) is 0.500. The van der Waals surface area contributed by atoms with Crippen LogP contribution in [0.15, 0.2) is 49.2 Å².